The summed E-state index contributed by atoms with van der Waals surface area (Å²) >= 11 is 11.7. The average molecular weight is 423 g/mol. The van der Waals surface area contributed by atoms with Crippen molar-refractivity contribution in [2.24, 2.45) is 0 Å². The summed E-state index contributed by atoms with van der Waals surface area (Å²) in [4.78, 5) is 12.1. The monoisotopic (exact) mass is 422 g/mol. The quantitative estimate of drug-likeness (QED) is 0.771. The van der Waals surface area contributed by atoms with Gasteiger partial charge in [0, 0.05) is 18.3 Å². The molecule has 1 N–H and O–H groups in total. The second kappa shape index (κ2) is 8.30. The minimum Gasteiger partial charge on any atom is -0.325 e. The van der Waals surface area contributed by atoms with Crippen LogP contribution in [0.1, 0.15) is 5.56 Å². The molecule has 0 saturated heterocycles. The number of benzene rings is 2. The second-order valence-corrected chi connectivity index (χ2v) is 8.25. The molecule has 0 radical (unpaired) electrons. The maximum absolute atomic E-state index is 13.2. The molecule has 0 heterocycles. The lowest BCUT2D eigenvalue weighted by molar-refractivity contribution is -0.116. The Morgan fingerprint density at radius 1 is 1.08 bits per heavy atom. The smallest absolute Gasteiger partial charge is 0.239 e. The first kappa shape index (κ1) is 20.6. The van der Waals surface area contributed by atoms with Gasteiger partial charge in [0.05, 0.1) is 22.8 Å². The molecule has 0 saturated carbocycles. The maximum atomic E-state index is 13.2. The Hall–Kier alpha value is -1.74. The van der Waals surface area contributed by atoms with E-state index in [1.165, 1.54) is 18.2 Å². The summed E-state index contributed by atoms with van der Waals surface area (Å²) in [6, 6.07) is 7.42. The summed E-state index contributed by atoms with van der Waals surface area (Å²) in [6.45, 7) is -0.626. The van der Waals surface area contributed by atoms with Crippen LogP contribution in [0.15, 0.2) is 36.4 Å². The lowest BCUT2D eigenvalue weighted by atomic mass is 10.2. The summed E-state index contributed by atoms with van der Waals surface area (Å²) in [7, 11) is -3.73. The van der Waals surface area contributed by atoms with Gasteiger partial charge in [-0.15, -0.1) is 0 Å². The summed E-state index contributed by atoms with van der Waals surface area (Å²) in [5.41, 5.74) is 0.544. The zero-order valence-electron chi connectivity index (χ0n) is 13.5. The first-order chi connectivity index (χ1) is 12.1. The number of carbonyl (C=O) groups is 1. The number of amides is 1. The van der Waals surface area contributed by atoms with Crippen LogP contribution in [0.2, 0.25) is 10.0 Å². The van der Waals surface area contributed by atoms with E-state index in [9.17, 15) is 22.0 Å². The normalized spacial score (nSPS) is 11.6. The highest BCUT2D eigenvalue weighted by atomic mass is 35.5. The van der Waals surface area contributed by atoms with Crippen molar-refractivity contribution in [1.29, 1.82) is 0 Å². The standard InChI is InChI=1S/C16H14Cl2F2N2O3S/c1-26(24,25)22(8-10-2-4-12(17)13(18)6-10)9-16(23)21-11-3-5-14(19)15(20)7-11/h2-7H,8-9H2,1H3,(H,21,23). The lowest BCUT2D eigenvalue weighted by Crippen LogP contribution is -2.36. The summed E-state index contributed by atoms with van der Waals surface area (Å²) < 4.78 is 50.9. The molecular weight excluding hydrogens is 409 g/mol. The van der Waals surface area contributed by atoms with Gasteiger partial charge in [0.1, 0.15) is 0 Å². The Balaban J connectivity index is 2.13. The van der Waals surface area contributed by atoms with Crippen molar-refractivity contribution >= 4 is 44.8 Å². The first-order valence-electron chi connectivity index (χ1n) is 7.20. The van der Waals surface area contributed by atoms with Gasteiger partial charge in [0.15, 0.2) is 11.6 Å². The van der Waals surface area contributed by atoms with E-state index in [0.717, 1.165) is 22.7 Å². The predicted octanol–water partition coefficient (Wildman–Crippen LogP) is 3.67. The third kappa shape index (κ3) is 5.63. The Kier molecular flexibility index (Phi) is 6.57. The lowest BCUT2D eigenvalue weighted by Gasteiger charge is -2.20. The molecule has 140 valence electrons. The molecule has 0 atom stereocenters. The van der Waals surface area contributed by atoms with Crippen molar-refractivity contribution in [2.75, 3.05) is 18.1 Å². The topological polar surface area (TPSA) is 66.5 Å². The Bertz CT molecular complexity index is 939. The minimum atomic E-state index is -3.73. The molecule has 5 nitrogen and oxygen atoms in total. The molecule has 0 unspecified atom stereocenters. The van der Waals surface area contributed by atoms with Gasteiger partial charge in [0.25, 0.3) is 0 Å². The van der Waals surface area contributed by atoms with Crippen LogP contribution < -0.4 is 5.32 Å². The highest BCUT2D eigenvalue weighted by Crippen LogP contribution is 2.23. The fourth-order valence-corrected chi connectivity index (χ4v) is 3.12. The van der Waals surface area contributed by atoms with Gasteiger partial charge in [-0.1, -0.05) is 29.3 Å². The Labute approximate surface area is 159 Å². The van der Waals surface area contributed by atoms with Gasteiger partial charge in [0.2, 0.25) is 15.9 Å². The van der Waals surface area contributed by atoms with Crippen molar-refractivity contribution in [3.8, 4) is 0 Å². The average Bonchev–Trinajstić information content (AvgIpc) is 2.53. The largest absolute Gasteiger partial charge is 0.325 e. The number of halogens is 4. The number of sulfonamides is 1. The number of hydrogen-bond acceptors (Lipinski definition) is 3. The molecule has 2 aromatic carbocycles. The van der Waals surface area contributed by atoms with E-state index in [-0.39, 0.29) is 17.3 Å². The van der Waals surface area contributed by atoms with E-state index in [2.05, 4.69) is 5.32 Å². The summed E-state index contributed by atoms with van der Waals surface area (Å²) in [5, 5.41) is 2.89. The van der Waals surface area contributed by atoms with Gasteiger partial charge in [-0.3, -0.25) is 4.79 Å². The van der Waals surface area contributed by atoms with E-state index >= 15 is 0 Å². The number of nitrogens with zero attached hydrogens (tertiary/aromatic N) is 1. The van der Waals surface area contributed by atoms with E-state index in [1.54, 1.807) is 6.07 Å². The van der Waals surface area contributed by atoms with Gasteiger partial charge in [-0.05, 0) is 29.8 Å². The molecule has 0 spiro atoms. The van der Waals surface area contributed by atoms with Crippen molar-refractivity contribution < 1.29 is 22.0 Å². The fourth-order valence-electron chi connectivity index (χ4n) is 2.07. The van der Waals surface area contributed by atoms with Crippen molar-refractivity contribution in [3.63, 3.8) is 0 Å². The molecule has 1 amide bonds. The number of anilines is 1. The Morgan fingerprint density at radius 3 is 2.35 bits per heavy atom. The molecular formula is C16H14Cl2F2N2O3S. The fraction of sp³-hybridized carbons (Fsp3) is 0.188. The van der Waals surface area contributed by atoms with Crippen molar-refractivity contribution in [3.05, 3.63) is 63.6 Å². The third-order valence-electron chi connectivity index (χ3n) is 3.34. The minimum absolute atomic E-state index is 0.0110. The predicted molar refractivity (Wildman–Crippen MR) is 96.7 cm³/mol. The van der Waals surface area contributed by atoms with Crippen LogP contribution in [0, 0.1) is 11.6 Å². The van der Waals surface area contributed by atoms with Crippen LogP contribution in [0.5, 0.6) is 0 Å². The molecule has 26 heavy (non-hydrogen) atoms. The van der Waals surface area contributed by atoms with Crippen LogP contribution in [-0.4, -0.2) is 31.4 Å². The third-order valence-corrected chi connectivity index (χ3v) is 5.27. The molecule has 0 aromatic heterocycles. The summed E-state index contributed by atoms with van der Waals surface area (Å²) in [5.74, 6) is -2.89. The van der Waals surface area contributed by atoms with Crippen LogP contribution in [0.3, 0.4) is 0 Å². The molecule has 0 aliphatic rings. The van der Waals surface area contributed by atoms with Gasteiger partial charge in [-0.25, -0.2) is 17.2 Å². The van der Waals surface area contributed by atoms with Crippen LogP contribution in [0.4, 0.5) is 14.5 Å². The number of rotatable bonds is 6. The van der Waals surface area contributed by atoms with Gasteiger partial charge < -0.3 is 5.32 Å². The second-order valence-electron chi connectivity index (χ2n) is 5.46. The molecule has 0 aliphatic heterocycles. The Morgan fingerprint density at radius 2 is 1.77 bits per heavy atom. The zero-order chi connectivity index (χ0) is 19.5. The number of nitrogens with one attached hydrogen (secondary N) is 1. The van der Waals surface area contributed by atoms with E-state index in [0.29, 0.717) is 10.6 Å². The molecule has 2 rings (SSSR count). The molecule has 0 bridgehead atoms. The highest BCUT2D eigenvalue weighted by molar-refractivity contribution is 7.88. The summed E-state index contributed by atoms with van der Waals surface area (Å²) in [6.07, 6.45) is 0.954. The van der Waals surface area contributed by atoms with Gasteiger partial charge in [-0.2, -0.15) is 4.31 Å². The van der Waals surface area contributed by atoms with Gasteiger partial charge >= 0.3 is 0 Å². The van der Waals surface area contributed by atoms with Crippen molar-refractivity contribution in [2.45, 2.75) is 6.54 Å². The molecule has 0 fully saturated rings. The molecule has 10 heteroatoms. The van der Waals surface area contributed by atoms with E-state index < -0.39 is 34.1 Å². The van der Waals surface area contributed by atoms with Crippen molar-refractivity contribution in [1.82, 2.24) is 4.31 Å². The van der Waals surface area contributed by atoms with Crippen LogP contribution in [-0.2, 0) is 21.4 Å². The number of carbonyl (C=O) groups excluding carboxylic acids is 1. The first-order valence-corrected chi connectivity index (χ1v) is 9.80. The molecule has 2 aromatic rings. The van der Waals surface area contributed by atoms with Crippen LogP contribution >= 0.6 is 23.2 Å². The van der Waals surface area contributed by atoms with Crippen LogP contribution in [0.25, 0.3) is 0 Å². The highest BCUT2D eigenvalue weighted by Gasteiger charge is 2.21. The van der Waals surface area contributed by atoms with E-state index in [4.69, 9.17) is 23.2 Å². The van der Waals surface area contributed by atoms with E-state index in [1.807, 2.05) is 0 Å². The number of hydrogen-bond donors (Lipinski definition) is 1. The zero-order valence-corrected chi connectivity index (χ0v) is 15.8. The maximum Gasteiger partial charge on any atom is 0.239 e. The molecule has 0 aliphatic carbocycles. The SMILES string of the molecule is CS(=O)(=O)N(CC(=O)Nc1ccc(F)c(F)c1)Cc1ccc(Cl)c(Cl)c1.